The summed E-state index contributed by atoms with van der Waals surface area (Å²) in [5.74, 6) is 0. The predicted octanol–water partition coefficient (Wildman–Crippen LogP) is 0.594. The van der Waals surface area contributed by atoms with Gasteiger partial charge >= 0.3 is 0 Å². The van der Waals surface area contributed by atoms with E-state index in [2.05, 4.69) is 31.4 Å². The molecule has 1 rings (SSSR count). The maximum absolute atomic E-state index is 3.47. The highest BCUT2D eigenvalue weighted by atomic mass is 15.0. The summed E-state index contributed by atoms with van der Waals surface area (Å²) in [6.07, 6.45) is 0. The van der Waals surface area contributed by atoms with Crippen molar-refractivity contribution >= 4 is 0 Å². The second-order valence-electron chi connectivity index (χ2n) is 3.84. The SMILES string of the molecule is CC1NCCNCC1(C)C. The van der Waals surface area contributed by atoms with Crippen LogP contribution in [-0.4, -0.2) is 25.7 Å². The fraction of sp³-hybridized carbons (Fsp3) is 1.00. The van der Waals surface area contributed by atoms with E-state index in [0.29, 0.717) is 11.5 Å². The van der Waals surface area contributed by atoms with Crippen molar-refractivity contribution < 1.29 is 0 Å². The Morgan fingerprint density at radius 3 is 2.70 bits per heavy atom. The van der Waals surface area contributed by atoms with Gasteiger partial charge in [-0.1, -0.05) is 13.8 Å². The Hall–Kier alpha value is -0.0800. The topological polar surface area (TPSA) is 24.1 Å². The van der Waals surface area contributed by atoms with Crippen molar-refractivity contribution in [2.24, 2.45) is 5.41 Å². The Labute approximate surface area is 63.4 Å². The molecular weight excluding hydrogens is 124 g/mol. The molecule has 0 aliphatic carbocycles. The summed E-state index contributed by atoms with van der Waals surface area (Å²) in [4.78, 5) is 0. The highest BCUT2D eigenvalue weighted by Gasteiger charge is 2.26. The first kappa shape index (κ1) is 8.02. The molecule has 1 aliphatic rings. The van der Waals surface area contributed by atoms with Crippen LogP contribution in [0.5, 0.6) is 0 Å². The van der Waals surface area contributed by atoms with Crippen molar-refractivity contribution in [1.29, 1.82) is 0 Å². The van der Waals surface area contributed by atoms with Crippen molar-refractivity contribution in [1.82, 2.24) is 10.6 Å². The average molecular weight is 142 g/mol. The molecular formula is C8H18N2. The van der Waals surface area contributed by atoms with Gasteiger partial charge in [-0.15, -0.1) is 0 Å². The van der Waals surface area contributed by atoms with Crippen LogP contribution in [0, 0.1) is 5.41 Å². The van der Waals surface area contributed by atoms with E-state index < -0.39 is 0 Å². The average Bonchev–Trinajstić information content (AvgIpc) is 1.96. The first-order valence-corrected chi connectivity index (χ1v) is 4.07. The van der Waals surface area contributed by atoms with Crippen LogP contribution in [0.25, 0.3) is 0 Å². The maximum atomic E-state index is 3.47. The molecule has 1 aliphatic heterocycles. The number of nitrogens with one attached hydrogen (secondary N) is 2. The summed E-state index contributed by atoms with van der Waals surface area (Å²) in [7, 11) is 0. The van der Waals surface area contributed by atoms with Gasteiger partial charge in [0.1, 0.15) is 0 Å². The van der Waals surface area contributed by atoms with Crippen LogP contribution in [0.15, 0.2) is 0 Å². The largest absolute Gasteiger partial charge is 0.315 e. The monoisotopic (exact) mass is 142 g/mol. The molecule has 0 radical (unpaired) electrons. The molecule has 1 fully saturated rings. The lowest BCUT2D eigenvalue weighted by Crippen LogP contribution is -2.40. The third-order valence-corrected chi connectivity index (χ3v) is 2.51. The summed E-state index contributed by atoms with van der Waals surface area (Å²) in [6.45, 7) is 10.2. The van der Waals surface area contributed by atoms with E-state index >= 15 is 0 Å². The van der Waals surface area contributed by atoms with E-state index in [1.807, 2.05) is 0 Å². The van der Waals surface area contributed by atoms with Gasteiger partial charge in [-0.3, -0.25) is 0 Å². The highest BCUT2D eigenvalue weighted by molar-refractivity contribution is 4.85. The van der Waals surface area contributed by atoms with E-state index in [-0.39, 0.29) is 0 Å². The second kappa shape index (κ2) is 2.89. The molecule has 1 atom stereocenters. The lowest BCUT2D eigenvalue weighted by molar-refractivity contribution is 0.275. The van der Waals surface area contributed by atoms with Crippen molar-refractivity contribution in [2.75, 3.05) is 19.6 Å². The zero-order chi connectivity index (χ0) is 7.61. The summed E-state index contributed by atoms with van der Waals surface area (Å²) >= 11 is 0. The Balaban J connectivity index is 2.52. The Morgan fingerprint density at radius 1 is 1.30 bits per heavy atom. The Bertz CT molecular complexity index is 110. The molecule has 0 bridgehead atoms. The fourth-order valence-corrected chi connectivity index (χ4v) is 1.22. The zero-order valence-corrected chi connectivity index (χ0v) is 7.20. The normalized spacial score (nSPS) is 33.3. The molecule has 0 aromatic carbocycles. The van der Waals surface area contributed by atoms with Crippen molar-refractivity contribution in [3.63, 3.8) is 0 Å². The fourth-order valence-electron chi connectivity index (χ4n) is 1.22. The second-order valence-corrected chi connectivity index (χ2v) is 3.84. The molecule has 0 aromatic rings. The van der Waals surface area contributed by atoms with Gasteiger partial charge in [-0.25, -0.2) is 0 Å². The summed E-state index contributed by atoms with van der Waals surface area (Å²) in [5, 5.41) is 6.88. The van der Waals surface area contributed by atoms with Gasteiger partial charge in [0.15, 0.2) is 0 Å². The quantitative estimate of drug-likeness (QED) is 0.517. The van der Waals surface area contributed by atoms with E-state index in [1.54, 1.807) is 0 Å². The van der Waals surface area contributed by atoms with Gasteiger partial charge in [0.05, 0.1) is 0 Å². The van der Waals surface area contributed by atoms with Gasteiger partial charge in [-0.05, 0) is 12.3 Å². The van der Waals surface area contributed by atoms with Crippen molar-refractivity contribution in [3.05, 3.63) is 0 Å². The maximum Gasteiger partial charge on any atom is 0.0103 e. The van der Waals surface area contributed by atoms with Gasteiger partial charge in [0.2, 0.25) is 0 Å². The van der Waals surface area contributed by atoms with Crippen LogP contribution >= 0.6 is 0 Å². The van der Waals surface area contributed by atoms with E-state index in [9.17, 15) is 0 Å². The van der Waals surface area contributed by atoms with Crippen LogP contribution in [0.2, 0.25) is 0 Å². The molecule has 0 aromatic heterocycles. The van der Waals surface area contributed by atoms with Gasteiger partial charge in [0.25, 0.3) is 0 Å². The predicted molar refractivity (Wildman–Crippen MR) is 44.1 cm³/mol. The minimum atomic E-state index is 0.399. The number of hydrogen-bond acceptors (Lipinski definition) is 2. The number of hydrogen-bond donors (Lipinski definition) is 2. The summed E-state index contributed by atoms with van der Waals surface area (Å²) < 4.78 is 0. The van der Waals surface area contributed by atoms with Gasteiger partial charge in [-0.2, -0.15) is 0 Å². The first-order valence-electron chi connectivity index (χ1n) is 4.07. The van der Waals surface area contributed by atoms with E-state index in [4.69, 9.17) is 0 Å². The lowest BCUT2D eigenvalue weighted by Gasteiger charge is -2.29. The Kier molecular flexibility index (Phi) is 2.32. The molecule has 0 saturated carbocycles. The van der Waals surface area contributed by atoms with Crippen LogP contribution in [0.3, 0.4) is 0 Å². The molecule has 1 unspecified atom stereocenters. The molecule has 2 nitrogen and oxygen atoms in total. The third kappa shape index (κ3) is 1.70. The van der Waals surface area contributed by atoms with E-state index in [0.717, 1.165) is 19.6 Å². The number of rotatable bonds is 0. The molecule has 1 heterocycles. The van der Waals surface area contributed by atoms with Crippen molar-refractivity contribution in [2.45, 2.75) is 26.8 Å². The van der Waals surface area contributed by atoms with Crippen molar-refractivity contribution in [3.8, 4) is 0 Å². The smallest absolute Gasteiger partial charge is 0.0103 e. The third-order valence-electron chi connectivity index (χ3n) is 2.51. The minimum absolute atomic E-state index is 0.399. The molecule has 10 heavy (non-hydrogen) atoms. The van der Waals surface area contributed by atoms with Crippen LogP contribution in [0.1, 0.15) is 20.8 Å². The molecule has 1 saturated heterocycles. The van der Waals surface area contributed by atoms with Gasteiger partial charge < -0.3 is 10.6 Å². The molecule has 0 amide bonds. The van der Waals surface area contributed by atoms with Crippen LogP contribution < -0.4 is 10.6 Å². The first-order chi connectivity index (χ1) is 4.63. The zero-order valence-electron chi connectivity index (χ0n) is 7.20. The summed E-state index contributed by atoms with van der Waals surface area (Å²) in [6, 6.07) is 0.627. The molecule has 0 spiro atoms. The summed E-state index contributed by atoms with van der Waals surface area (Å²) in [5.41, 5.74) is 0.399. The Morgan fingerprint density at radius 2 is 2.00 bits per heavy atom. The van der Waals surface area contributed by atoms with E-state index in [1.165, 1.54) is 0 Å². The van der Waals surface area contributed by atoms with Gasteiger partial charge in [0, 0.05) is 25.7 Å². The standard InChI is InChI=1S/C8H18N2/c1-7-8(2,3)6-9-4-5-10-7/h7,9-10H,4-6H2,1-3H3. The molecule has 2 heteroatoms. The van der Waals surface area contributed by atoms with Crippen LogP contribution in [-0.2, 0) is 0 Å². The molecule has 60 valence electrons. The lowest BCUT2D eigenvalue weighted by atomic mass is 9.86. The minimum Gasteiger partial charge on any atom is -0.315 e. The van der Waals surface area contributed by atoms with Crippen LogP contribution in [0.4, 0.5) is 0 Å². The molecule has 2 N–H and O–H groups in total. The highest BCUT2D eigenvalue weighted by Crippen LogP contribution is 2.19.